The first-order chi connectivity index (χ1) is 11.1. The first kappa shape index (κ1) is 15.0. The van der Waals surface area contributed by atoms with Gasteiger partial charge in [-0.1, -0.05) is 54.6 Å². The van der Waals surface area contributed by atoms with E-state index >= 15 is 0 Å². The zero-order valence-corrected chi connectivity index (χ0v) is 12.7. The molecule has 23 heavy (non-hydrogen) atoms. The van der Waals surface area contributed by atoms with E-state index in [-0.39, 0.29) is 18.2 Å². The fourth-order valence-electron chi connectivity index (χ4n) is 3.49. The van der Waals surface area contributed by atoms with Gasteiger partial charge in [0.2, 0.25) is 11.8 Å². The minimum Gasteiger partial charge on any atom is -0.370 e. The maximum absolute atomic E-state index is 12.9. The van der Waals surface area contributed by atoms with E-state index in [0.29, 0.717) is 0 Å². The maximum Gasteiger partial charge on any atom is 0.236 e. The average Bonchev–Trinajstić information content (AvgIpc) is 2.82. The minimum atomic E-state index is -1.06. The molecule has 2 aromatic rings. The number of hydrogen-bond acceptors (Lipinski definition) is 2. The summed E-state index contributed by atoms with van der Waals surface area (Å²) in [5.41, 5.74) is 6.87. The predicted octanol–water partition coefficient (Wildman–Crippen LogP) is 2.72. The van der Waals surface area contributed by atoms with Crippen molar-refractivity contribution in [1.29, 1.82) is 0 Å². The van der Waals surface area contributed by atoms with Gasteiger partial charge < -0.3 is 11.1 Å². The molecule has 4 heteroatoms. The zero-order valence-electron chi connectivity index (χ0n) is 12.7. The lowest BCUT2D eigenvalue weighted by Crippen LogP contribution is -2.43. The normalized spacial score (nSPS) is 20.4. The molecule has 3 rings (SSSR count). The molecule has 2 aromatic carbocycles. The van der Waals surface area contributed by atoms with E-state index in [9.17, 15) is 9.59 Å². The van der Waals surface area contributed by atoms with Crippen LogP contribution in [0.15, 0.2) is 67.3 Å². The van der Waals surface area contributed by atoms with Gasteiger partial charge in [-0.25, -0.2) is 0 Å². The molecule has 1 aliphatic heterocycles. The molecule has 1 heterocycles. The lowest BCUT2D eigenvalue weighted by atomic mass is 9.66. The largest absolute Gasteiger partial charge is 0.370 e. The molecule has 0 saturated heterocycles. The molecule has 2 amide bonds. The Balaban J connectivity index is 2.24. The molecule has 2 atom stereocenters. The summed E-state index contributed by atoms with van der Waals surface area (Å²) in [5.74, 6) is -1.08. The van der Waals surface area contributed by atoms with Gasteiger partial charge in [0.1, 0.15) is 0 Å². The quantitative estimate of drug-likeness (QED) is 0.834. The van der Waals surface area contributed by atoms with Gasteiger partial charge in [-0.2, -0.15) is 0 Å². The van der Waals surface area contributed by atoms with Crippen molar-refractivity contribution in [2.75, 3.05) is 5.32 Å². The minimum absolute atomic E-state index is 0.0680. The average molecular weight is 306 g/mol. The number of hydrogen-bond donors (Lipinski definition) is 2. The van der Waals surface area contributed by atoms with Gasteiger partial charge in [0.05, 0.1) is 5.41 Å². The van der Waals surface area contributed by atoms with Crippen LogP contribution >= 0.6 is 0 Å². The van der Waals surface area contributed by atoms with Crippen LogP contribution in [0.4, 0.5) is 5.69 Å². The second-order valence-corrected chi connectivity index (χ2v) is 5.74. The number of rotatable bonds is 5. The summed E-state index contributed by atoms with van der Waals surface area (Å²) >= 11 is 0. The van der Waals surface area contributed by atoms with Gasteiger partial charge in [0.15, 0.2) is 0 Å². The summed E-state index contributed by atoms with van der Waals surface area (Å²) in [7, 11) is 0. The maximum atomic E-state index is 12.9. The number of nitrogens with two attached hydrogens (primary N) is 1. The molecule has 0 aliphatic carbocycles. The number of amides is 2. The van der Waals surface area contributed by atoms with E-state index < -0.39 is 11.3 Å². The van der Waals surface area contributed by atoms with E-state index in [0.717, 1.165) is 16.8 Å². The number of fused-ring (bicyclic) bond motifs is 1. The summed E-state index contributed by atoms with van der Waals surface area (Å²) in [5, 5.41) is 2.88. The summed E-state index contributed by atoms with van der Waals surface area (Å²) in [6.45, 7) is 3.91. The zero-order chi connectivity index (χ0) is 16.4. The molecule has 4 nitrogen and oxygen atoms in total. The highest BCUT2D eigenvalue weighted by atomic mass is 16.2. The lowest BCUT2D eigenvalue weighted by molar-refractivity contribution is -0.127. The summed E-state index contributed by atoms with van der Waals surface area (Å²) in [6, 6.07) is 17.0. The van der Waals surface area contributed by atoms with Crippen molar-refractivity contribution >= 4 is 17.5 Å². The van der Waals surface area contributed by atoms with Crippen LogP contribution in [-0.2, 0) is 15.0 Å². The lowest BCUT2D eigenvalue weighted by Gasteiger charge is -2.33. The number of allylic oxidation sites excluding steroid dienone is 1. The van der Waals surface area contributed by atoms with Gasteiger partial charge in [0.25, 0.3) is 0 Å². The molecule has 0 saturated carbocycles. The smallest absolute Gasteiger partial charge is 0.236 e. The van der Waals surface area contributed by atoms with Crippen LogP contribution in [0, 0.1) is 0 Å². The van der Waals surface area contributed by atoms with Gasteiger partial charge in [-0.15, -0.1) is 6.58 Å². The third-order valence-corrected chi connectivity index (χ3v) is 4.44. The van der Waals surface area contributed by atoms with Gasteiger partial charge in [-0.05, 0) is 17.2 Å². The molecule has 0 bridgehead atoms. The molecule has 3 N–H and O–H groups in total. The van der Waals surface area contributed by atoms with Gasteiger partial charge in [0, 0.05) is 18.0 Å². The monoisotopic (exact) mass is 306 g/mol. The van der Waals surface area contributed by atoms with Crippen molar-refractivity contribution in [3.63, 3.8) is 0 Å². The Kier molecular flexibility index (Phi) is 3.74. The number of primary amides is 1. The van der Waals surface area contributed by atoms with Crippen LogP contribution < -0.4 is 11.1 Å². The molecule has 1 aliphatic rings. The number of carbonyl (C=O) groups is 2. The van der Waals surface area contributed by atoms with E-state index in [1.54, 1.807) is 6.08 Å². The Labute approximate surface area is 135 Å². The summed E-state index contributed by atoms with van der Waals surface area (Å²) in [4.78, 5) is 24.7. The fourth-order valence-corrected chi connectivity index (χ4v) is 3.49. The third-order valence-electron chi connectivity index (χ3n) is 4.44. The molecule has 116 valence electrons. The first-order valence-electron chi connectivity index (χ1n) is 7.46. The van der Waals surface area contributed by atoms with Crippen LogP contribution in [-0.4, -0.2) is 11.8 Å². The summed E-state index contributed by atoms with van der Waals surface area (Å²) in [6.07, 6.45) is 1.65. The molecular formula is C19H18N2O2. The highest BCUT2D eigenvalue weighted by Gasteiger charge is 2.52. The molecular weight excluding hydrogens is 288 g/mol. The van der Waals surface area contributed by atoms with Crippen molar-refractivity contribution < 1.29 is 9.59 Å². The Bertz CT molecular complexity index is 770. The van der Waals surface area contributed by atoms with Crippen LogP contribution in [0.5, 0.6) is 0 Å². The Hall–Kier alpha value is -2.88. The highest BCUT2D eigenvalue weighted by Crippen LogP contribution is 2.49. The van der Waals surface area contributed by atoms with Crippen LogP contribution in [0.2, 0.25) is 0 Å². The first-order valence-corrected chi connectivity index (χ1v) is 7.46. The Morgan fingerprint density at radius 3 is 2.48 bits per heavy atom. The Morgan fingerprint density at radius 1 is 1.17 bits per heavy atom. The van der Waals surface area contributed by atoms with Crippen LogP contribution in [0.1, 0.15) is 23.5 Å². The molecule has 0 radical (unpaired) electrons. The number of benzene rings is 2. The van der Waals surface area contributed by atoms with E-state index in [1.165, 1.54) is 0 Å². The SMILES string of the molecule is C=CC(c1ccccc1)C1(CC(N)=O)C(=O)Nc2ccccc21. The number of nitrogens with one attached hydrogen (secondary N) is 1. The van der Waals surface area contributed by atoms with Gasteiger partial charge >= 0.3 is 0 Å². The van der Waals surface area contributed by atoms with Crippen LogP contribution in [0.25, 0.3) is 0 Å². The van der Waals surface area contributed by atoms with Crippen molar-refractivity contribution in [3.05, 3.63) is 78.4 Å². The molecule has 0 spiro atoms. The van der Waals surface area contributed by atoms with E-state index in [4.69, 9.17) is 5.73 Å². The second kappa shape index (κ2) is 5.72. The predicted molar refractivity (Wildman–Crippen MR) is 89.9 cm³/mol. The molecule has 0 aromatic heterocycles. The number of para-hydroxylation sites is 1. The van der Waals surface area contributed by atoms with Crippen molar-refractivity contribution in [2.24, 2.45) is 5.73 Å². The molecule has 0 fully saturated rings. The Morgan fingerprint density at radius 2 is 1.83 bits per heavy atom. The standard InChI is InChI=1S/C19H18N2O2/c1-2-14(13-8-4-3-5-9-13)19(12-17(20)22)15-10-6-7-11-16(15)21-18(19)23/h2-11,14H,1,12H2,(H2,20,22)(H,21,23). The van der Waals surface area contributed by atoms with Gasteiger partial charge in [-0.3, -0.25) is 9.59 Å². The van der Waals surface area contributed by atoms with Crippen molar-refractivity contribution in [2.45, 2.75) is 17.8 Å². The topological polar surface area (TPSA) is 72.2 Å². The molecule has 2 unspecified atom stereocenters. The highest BCUT2D eigenvalue weighted by molar-refractivity contribution is 6.09. The van der Waals surface area contributed by atoms with E-state index in [2.05, 4.69) is 11.9 Å². The van der Waals surface area contributed by atoms with Crippen LogP contribution in [0.3, 0.4) is 0 Å². The van der Waals surface area contributed by atoms with E-state index in [1.807, 2.05) is 54.6 Å². The fraction of sp³-hybridized carbons (Fsp3) is 0.158. The van der Waals surface area contributed by atoms with Crippen molar-refractivity contribution in [3.8, 4) is 0 Å². The number of anilines is 1. The second-order valence-electron chi connectivity index (χ2n) is 5.74. The number of carbonyl (C=O) groups excluding carboxylic acids is 2. The van der Waals surface area contributed by atoms with Crippen molar-refractivity contribution in [1.82, 2.24) is 0 Å². The summed E-state index contributed by atoms with van der Waals surface area (Å²) < 4.78 is 0. The third kappa shape index (κ3) is 2.32.